The van der Waals surface area contributed by atoms with Crippen molar-refractivity contribution in [1.29, 1.82) is 0 Å². The Morgan fingerprint density at radius 2 is 1.84 bits per heavy atom. The number of likely N-dealkylation sites (tertiary alicyclic amines) is 1. The predicted octanol–water partition coefficient (Wildman–Crippen LogP) is 5.20. The molecule has 8 nitrogen and oxygen atoms in total. The number of aliphatic hydroxyl groups excluding tert-OH is 1. The third-order valence-electron chi connectivity index (χ3n) is 9.63. The Kier molecular flexibility index (Phi) is 10.1. The SMILES string of the molecule is C=CCCCCOC(=O)[C@H]1[C@H]2C(=O)N([C@@H](CO)Cc3ccccc3)C(C(=O)N(CC=C)c3ccc(OC)cc3)C23CC[C@]1(C)S3. The van der Waals surface area contributed by atoms with E-state index in [1.807, 2.05) is 55.5 Å². The molecule has 0 saturated carbocycles. The number of aliphatic hydroxyl groups is 1. The second-order valence-corrected chi connectivity index (χ2v) is 14.3. The second-order valence-electron chi connectivity index (χ2n) is 12.4. The van der Waals surface area contributed by atoms with E-state index in [1.165, 1.54) is 0 Å². The molecule has 1 N–H and O–H groups in total. The molecule has 2 amide bonds. The van der Waals surface area contributed by atoms with Crippen LogP contribution in [0, 0.1) is 11.8 Å². The summed E-state index contributed by atoms with van der Waals surface area (Å²) in [5.41, 5.74) is 1.60. The molecule has 2 bridgehead atoms. The third-order valence-corrected chi connectivity index (χ3v) is 11.6. The van der Waals surface area contributed by atoms with Gasteiger partial charge in [-0.15, -0.1) is 24.9 Å². The van der Waals surface area contributed by atoms with Crippen molar-refractivity contribution in [3.63, 3.8) is 0 Å². The van der Waals surface area contributed by atoms with Crippen LogP contribution in [0.3, 0.4) is 0 Å². The van der Waals surface area contributed by atoms with Gasteiger partial charge in [0.15, 0.2) is 0 Å². The lowest BCUT2D eigenvalue weighted by molar-refractivity contribution is -0.156. The van der Waals surface area contributed by atoms with Crippen LogP contribution in [0.25, 0.3) is 0 Å². The number of amides is 2. The van der Waals surface area contributed by atoms with Crippen molar-refractivity contribution in [2.24, 2.45) is 11.8 Å². The summed E-state index contributed by atoms with van der Waals surface area (Å²) in [5.74, 6) is -1.65. The minimum absolute atomic E-state index is 0.227. The Morgan fingerprint density at radius 1 is 1.11 bits per heavy atom. The van der Waals surface area contributed by atoms with Crippen molar-refractivity contribution in [2.75, 3.05) is 31.8 Å². The number of thioether (sulfide) groups is 1. The maximum absolute atomic E-state index is 14.9. The molecule has 3 saturated heterocycles. The molecule has 3 fully saturated rings. The Bertz CT molecular complexity index is 1400. The summed E-state index contributed by atoms with van der Waals surface area (Å²) in [6, 6.07) is 15.3. The van der Waals surface area contributed by atoms with E-state index in [2.05, 4.69) is 13.2 Å². The first-order chi connectivity index (χ1) is 21.7. The fraction of sp³-hybridized carbons (Fsp3) is 0.472. The molecule has 5 rings (SSSR count). The Labute approximate surface area is 270 Å². The van der Waals surface area contributed by atoms with Gasteiger partial charge in [0.05, 0.1) is 42.9 Å². The number of esters is 1. The van der Waals surface area contributed by atoms with Crippen LogP contribution in [-0.4, -0.2) is 76.2 Å². The number of fused-ring (bicyclic) bond motifs is 1. The molecular weight excluding hydrogens is 588 g/mol. The lowest BCUT2D eigenvalue weighted by atomic mass is 9.66. The van der Waals surface area contributed by atoms with E-state index in [0.29, 0.717) is 37.1 Å². The largest absolute Gasteiger partial charge is 0.497 e. The zero-order valence-electron chi connectivity index (χ0n) is 26.2. The molecule has 0 radical (unpaired) electrons. The number of rotatable bonds is 15. The Hall–Kier alpha value is -3.56. The number of hydrogen-bond acceptors (Lipinski definition) is 7. The van der Waals surface area contributed by atoms with E-state index in [0.717, 1.165) is 18.4 Å². The topological polar surface area (TPSA) is 96.4 Å². The van der Waals surface area contributed by atoms with Gasteiger partial charge in [0.25, 0.3) is 5.91 Å². The molecule has 2 aromatic carbocycles. The minimum Gasteiger partial charge on any atom is -0.497 e. The molecule has 6 atom stereocenters. The van der Waals surface area contributed by atoms with Crippen LogP contribution in [0.4, 0.5) is 5.69 Å². The number of carbonyl (C=O) groups excluding carboxylic acids is 3. The summed E-state index contributed by atoms with van der Waals surface area (Å²) in [5, 5.41) is 10.8. The summed E-state index contributed by atoms with van der Waals surface area (Å²) in [7, 11) is 1.59. The standard InChI is InChI=1S/C36H44N2O6S/c1-5-7-8-12-22-44-34(42)30-29-32(40)38(27(24-39)23-25-13-10-9-11-14-25)31(36(29)20-19-35(30,3)45-36)33(41)37(21-6-2)26-15-17-28(43-4)18-16-26/h5-6,9-11,13-18,27,29-31,39H,1-2,7-8,12,19-24H2,3-4H3/t27-,29+,30-,31?,35+,36?/m1/s1. The van der Waals surface area contributed by atoms with Crippen molar-refractivity contribution in [2.45, 2.75) is 67.0 Å². The van der Waals surface area contributed by atoms with Gasteiger partial charge in [0, 0.05) is 17.0 Å². The molecule has 0 aromatic heterocycles. The monoisotopic (exact) mass is 632 g/mol. The highest BCUT2D eigenvalue weighted by atomic mass is 32.2. The van der Waals surface area contributed by atoms with Crippen molar-refractivity contribution in [3.05, 3.63) is 85.5 Å². The average molecular weight is 633 g/mol. The van der Waals surface area contributed by atoms with Crippen LogP contribution in [0.15, 0.2) is 79.9 Å². The summed E-state index contributed by atoms with van der Waals surface area (Å²) < 4.78 is 9.76. The molecule has 0 aliphatic carbocycles. The van der Waals surface area contributed by atoms with E-state index < -0.39 is 33.4 Å². The van der Waals surface area contributed by atoms with Gasteiger partial charge in [-0.3, -0.25) is 14.4 Å². The molecule has 3 aliphatic heterocycles. The summed E-state index contributed by atoms with van der Waals surface area (Å²) in [4.78, 5) is 46.7. The highest BCUT2D eigenvalue weighted by molar-refractivity contribution is 8.02. The number of benzene rings is 2. The molecule has 3 aliphatic rings. The molecule has 240 valence electrons. The van der Waals surface area contributed by atoms with Gasteiger partial charge >= 0.3 is 5.97 Å². The number of hydrogen-bond donors (Lipinski definition) is 1. The zero-order chi connectivity index (χ0) is 32.2. The molecular formula is C36H44N2O6S. The second kappa shape index (κ2) is 13.8. The molecule has 2 aromatic rings. The highest BCUT2D eigenvalue weighted by Crippen LogP contribution is 2.72. The number of methoxy groups -OCH3 is 1. The number of allylic oxidation sites excluding steroid dienone is 1. The number of carbonyl (C=O) groups is 3. The maximum atomic E-state index is 14.9. The summed E-state index contributed by atoms with van der Waals surface area (Å²) in [6.45, 7) is 9.87. The number of ether oxygens (including phenoxy) is 2. The van der Waals surface area contributed by atoms with Crippen LogP contribution >= 0.6 is 11.8 Å². The lowest BCUT2D eigenvalue weighted by Crippen LogP contribution is -2.58. The van der Waals surface area contributed by atoms with Gasteiger partial charge in [0.1, 0.15) is 11.8 Å². The first-order valence-corrected chi connectivity index (χ1v) is 16.6. The van der Waals surface area contributed by atoms with E-state index in [-0.39, 0.29) is 37.5 Å². The number of nitrogens with zero attached hydrogens (tertiary/aromatic N) is 2. The van der Waals surface area contributed by atoms with Crippen LogP contribution in [0.1, 0.15) is 44.6 Å². The molecule has 45 heavy (non-hydrogen) atoms. The lowest BCUT2D eigenvalue weighted by Gasteiger charge is -2.39. The fourth-order valence-electron chi connectivity index (χ4n) is 7.55. The Balaban J connectivity index is 1.55. The van der Waals surface area contributed by atoms with Gasteiger partial charge in [-0.2, -0.15) is 0 Å². The van der Waals surface area contributed by atoms with Gasteiger partial charge in [-0.05, 0) is 75.3 Å². The molecule has 9 heteroatoms. The van der Waals surface area contributed by atoms with Crippen molar-refractivity contribution < 1.29 is 29.0 Å². The third kappa shape index (κ3) is 6.04. The normalized spacial score (nSPS) is 27.1. The van der Waals surface area contributed by atoms with Gasteiger partial charge in [-0.25, -0.2) is 0 Å². The summed E-state index contributed by atoms with van der Waals surface area (Å²) in [6.07, 6.45) is 7.60. The highest BCUT2D eigenvalue weighted by Gasteiger charge is 2.78. The summed E-state index contributed by atoms with van der Waals surface area (Å²) >= 11 is 1.60. The molecule has 1 spiro atoms. The molecule has 3 heterocycles. The number of anilines is 1. The van der Waals surface area contributed by atoms with Crippen molar-refractivity contribution in [3.8, 4) is 5.75 Å². The predicted molar refractivity (Wildman–Crippen MR) is 177 cm³/mol. The molecule has 2 unspecified atom stereocenters. The zero-order valence-corrected chi connectivity index (χ0v) is 27.0. The van der Waals surface area contributed by atoms with Gasteiger partial charge in [0.2, 0.25) is 5.91 Å². The average Bonchev–Trinajstić information content (AvgIpc) is 3.63. The van der Waals surface area contributed by atoms with E-state index in [4.69, 9.17) is 9.47 Å². The first kappa shape index (κ1) is 32.8. The minimum atomic E-state index is -0.893. The van der Waals surface area contributed by atoms with Crippen LogP contribution in [-0.2, 0) is 25.5 Å². The van der Waals surface area contributed by atoms with Gasteiger partial charge < -0.3 is 24.4 Å². The van der Waals surface area contributed by atoms with Crippen LogP contribution in [0.5, 0.6) is 5.75 Å². The van der Waals surface area contributed by atoms with E-state index in [9.17, 15) is 19.5 Å². The maximum Gasteiger partial charge on any atom is 0.311 e. The van der Waals surface area contributed by atoms with E-state index >= 15 is 0 Å². The van der Waals surface area contributed by atoms with Crippen molar-refractivity contribution in [1.82, 2.24) is 4.90 Å². The quantitative estimate of drug-likeness (QED) is 0.164. The van der Waals surface area contributed by atoms with Crippen LogP contribution < -0.4 is 9.64 Å². The van der Waals surface area contributed by atoms with Crippen LogP contribution in [0.2, 0.25) is 0 Å². The van der Waals surface area contributed by atoms with Gasteiger partial charge in [-0.1, -0.05) is 42.5 Å². The Morgan fingerprint density at radius 3 is 2.49 bits per heavy atom. The van der Waals surface area contributed by atoms with E-state index in [1.54, 1.807) is 46.9 Å². The van der Waals surface area contributed by atoms with Crippen molar-refractivity contribution >= 4 is 35.2 Å². The smallest absolute Gasteiger partial charge is 0.311 e. The fourth-order valence-corrected chi connectivity index (χ4v) is 9.87. The number of unbranched alkanes of at least 4 members (excludes halogenated alkanes) is 2. The first-order valence-electron chi connectivity index (χ1n) is 15.8.